The monoisotopic (exact) mass is 458 g/mol. The average molecular weight is 459 g/mol. The van der Waals surface area contributed by atoms with Crippen molar-refractivity contribution in [1.82, 2.24) is 4.31 Å². The van der Waals surface area contributed by atoms with Crippen molar-refractivity contribution in [2.45, 2.75) is 57.5 Å². The molecule has 0 aromatic heterocycles. The highest BCUT2D eigenvalue weighted by Gasteiger charge is 2.28. The van der Waals surface area contributed by atoms with E-state index in [0.717, 1.165) is 24.0 Å². The summed E-state index contributed by atoms with van der Waals surface area (Å²) in [4.78, 5) is 25.4. The number of aryl methyl sites for hydroxylation is 1. The first kappa shape index (κ1) is 23.9. The number of hydrogen-bond acceptors (Lipinski definition) is 5. The van der Waals surface area contributed by atoms with Gasteiger partial charge in [0.05, 0.1) is 10.5 Å². The third kappa shape index (κ3) is 5.19. The van der Waals surface area contributed by atoms with Gasteiger partial charge in [0.25, 0.3) is 5.91 Å². The fourth-order valence-corrected chi connectivity index (χ4v) is 5.27. The smallest absolute Gasteiger partial charge is 0.338 e. The summed E-state index contributed by atoms with van der Waals surface area (Å²) in [6, 6.07) is 11.6. The van der Waals surface area contributed by atoms with Crippen molar-refractivity contribution in [3.8, 4) is 0 Å². The third-order valence-corrected chi connectivity index (χ3v) is 7.50. The van der Waals surface area contributed by atoms with E-state index < -0.39 is 28.0 Å². The Balaban J connectivity index is 1.72. The van der Waals surface area contributed by atoms with Crippen LogP contribution in [0.3, 0.4) is 0 Å². The summed E-state index contributed by atoms with van der Waals surface area (Å²) >= 11 is 0. The number of para-hydroxylation sites is 1. The Bertz CT molecular complexity index is 1110. The number of anilines is 1. The molecular weight excluding hydrogens is 428 g/mol. The zero-order chi connectivity index (χ0) is 23.5. The van der Waals surface area contributed by atoms with Crippen LogP contribution in [0.4, 0.5) is 5.69 Å². The van der Waals surface area contributed by atoms with Crippen LogP contribution in [-0.4, -0.2) is 43.8 Å². The van der Waals surface area contributed by atoms with Gasteiger partial charge in [0.15, 0.2) is 6.10 Å². The number of benzene rings is 2. The number of nitrogens with zero attached hydrogens (tertiary/aromatic N) is 1. The molecule has 1 atom stereocenters. The highest BCUT2D eigenvalue weighted by molar-refractivity contribution is 7.89. The summed E-state index contributed by atoms with van der Waals surface area (Å²) in [5.41, 5.74) is 2.72. The van der Waals surface area contributed by atoms with Crippen LogP contribution in [0.5, 0.6) is 0 Å². The highest BCUT2D eigenvalue weighted by Crippen LogP contribution is 2.28. The van der Waals surface area contributed by atoms with Gasteiger partial charge in [-0.15, -0.1) is 0 Å². The van der Waals surface area contributed by atoms with Crippen LogP contribution in [0.2, 0.25) is 0 Å². The van der Waals surface area contributed by atoms with Crippen molar-refractivity contribution in [2.24, 2.45) is 0 Å². The number of esters is 1. The van der Waals surface area contributed by atoms with E-state index in [0.29, 0.717) is 18.8 Å². The van der Waals surface area contributed by atoms with Gasteiger partial charge in [0.1, 0.15) is 0 Å². The normalized spacial score (nSPS) is 15.5. The molecule has 0 radical (unpaired) electrons. The molecule has 1 amide bonds. The minimum absolute atomic E-state index is 0.0486. The molecule has 1 fully saturated rings. The number of ether oxygens (including phenoxy) is 1. The molecular formula is C24H30N2O5S. The van der Waals surface area contributed by atoms with Crippen LogP contribution in [0, 0.1) is 6.92 Å². The zero-order valence-corrected chi connectivity index (χ0v) is 19.7. The lowest BCUT2D eigenvalue weighted by molar-refractivity contribution is -0.123. The lowest BCUT2D eigenvalue weighted by atomic mass is 9.98. The molecule has 2 aromatic rings. The van der Waals surface area contributed by atoms with Gasteiger partial charge in [-0.05, 0) is 61.9 Å². The van der Waals surface area contributed by atoms with Gasteiger partial charge in [0.2, 0.25) is 10.0 Å². The molecule has 1 heterocycles. The first-order chi connectivity index (χ1) is 15.1. The molecule has 1 saturated heterocycles. The van der Waals surface area contributed by atoms with Crippen molar-refractivity contribution in [1.29, 1.82) is 0 Å². The first-order valence-corrected chi connectivity index (χ1v) is 12.3. The lowest BCUT2D eigenvalue weighted by Crippen LogP contribution is -2.31. The van der Waals surface area contributed by atoms with Crippen molar-refractivity contribution < 1.29 is 22.7 Å². The van der Waals surface area contributed by atoms with Crippen LogP contribution < -0.4 is 5.32 Å². The first-order valence-electron chi connectivity index (χ1n) is 10.8. The minimum atomic E-state index is -3.65. The van der Waals surface area contributed by atoms with Gasteiger partial charge in [-0.3, -0.25) is 4.79 Å². The molecule has 172 valence electrons. The van der Waals surface area contributed by atoms with Crippen molar-refractivity contribution in [3.63, 3.8) is 0 Å². The topological polar surface area (TPSA) is 92.8 Å². The molecule has 0 aliphatic carbocycles. The summed E-state index contributed by atoms with van der Waals surface area (Å²) in [5, 5.41) is 2.87. The molecule has 1 aliphatic heterocycles. The van der Waals surface area contributed by atoms with E-state index in [-0.39, 0.29) is 16.4 Å². The van der Waals surface area contributed by atoms with Crippen LogP contribution >= 0.6 is 0 Å². The van der Waals surface area contributed by atoms with Crippen LogP contribution in [-0.2, 0) is 19.6 Å². The van der Waals surface area contributed by atoms with Gasteiger partial charge in [0, 0.05) is 18.8 Å². The Hall–Kier alpha value is -2.71. The van der Waals surface area contributed by atoms with Gasteiger partial charge in [-0.25, -0.2) is 13.2 Å². The Morgan fingerprint density at radius 2 is 1.69 bits per heavy atom. The van der Waals surface area contributed by atoms with Gasteiger partial charge >= 0.3 is 5.97 Å². The molecule has 32 heavy (non-hydrogen) atoms. The van der Waals surface area contributed by atoms with Gasteiger partial charge in [-0.1, -0.05) is 38.1 Å². The lowest BCUT2D eigenvalue weighted by Gasteiger charge is -2.19. The molecule has 3 rings (SSSR count). The number of hydrogen-bond donors (Lipinski definition) is 1. The van der Waals surface area contributed by atoms with E-state index in [1.54, 1.807) is 0 Å². The molecule has 0 spiro atoms. The summed E-state index contributed by atoms with van der Waals surface area (Å²) in [6.07, 6.45) is 0.598. The summed E-state index contributed by atoms with van der Waals surface area (Å²) in [6.45, 7) is 8.43. The van der Waals surface area contributed by atoms with Crippen molar-refractivity contribution in [2.75, 3.05) is 18.4 Å². The van der Waals surface area contributed by atoms with E-state index in [1.807, 2.05) is 39.0 Å². The second kappa shape index (κ2) is 9.83. The molecule has 1 N–H and O–H groups in total. The number of amides is 1. The molecule has 7 nitrogen and oxygen atoms in total. The number of rotatable bonds is 7. The second-order valence-corrected chi connectivity index (χ2v) is 10.3. The quantitative estimate of drug-likeness (QED) is 0.631. The molecule has 0 bridgehead atoms. The molecule has 8 heteroatoms. The largest absolute Gasteiger partial charge is 0.449 e. The Labute approximate surface area is 189 Å². The minimum Gasteiger partial charge on any atom is -0.449 e. The Kier molecular flexibility index (Phi) is 7.36. The number of carbonyl (C=O) groups excluding carboxylic acids is 2. The fraction of sp³-hybridized carbons (Fsp3) is 0.417. The summed E-state index contributed by atoms with van der Waals surface area (Å²) in [7, 11) is -3.65. The van der Waals surface area contributed by atoms with Crippen LogP contribution in [0.1, 0.15) is 61.0 Å². The highest BCUT2D eigenvalue weighted by atomic mass is 32.2. The van der Waals surface area contributed by atoms with E-state index in [1.165, 1.54) is 35.5 Å². The maximum atomic E-state index is 12.8. The fourth-order valence-electron chi connectivity index (χ4n) is 3.71. The van der Waals surface area contributed by atoms with Crippen LogP contribution in [0.25, 0.3) is 0 Å². The van der Waals surface area contributed by atoms with E-state index in [4.69, 9.17) is 4.74 Å². The van der Waals surface area contributed by atoms with E-state index in [9.17, 15) is 18.0 Å². The zero-order valence-electron chi connectivity index (χ0n) is 18.9. The third-order valence-electron chi connectivity index (χ3n) is 5.60. The van der Waals surface area contributed by atoms with E-state index >= 15 is 0 Å². The maximum absolute atomic E-state index is 12.8. The average Bonchev–Trinajstić information content (AvgIpc) is 3.30. The molecule has 2 aromatic carbocycles. The molecule has 1 unspecified atom stereocenters. The van der Waals surface area contributed by atoms with Crippen molar-refractivity contribution >= 4 is 27.6 Å². The standard InChI is InChI=1S/C24H30N2O5S/c1-16(2)21-12-7-9-17(3)22(21)25-23(27)18(4)31-24(28)19-10-8-11-20(15-19)32(29,30)26-13-5-6-14-26/h7-12,15-16,18H,5-6,13-14H2,1-4H3,(H,25,27). The summed E-state index contributed by atoms with van der Waals surface area (Å²) in [5.74, 6) is -0.987. The SMILES string of the molecule is Cc1cccc(C(C)C)c1NC(=O)C(C)OC(=O)c1cccc(S(=O)(=O)N2CCCC2)c1. The van der Waals surface area contributed by atoms with Gasteiger partial charge in [-0.2, -0.15) is 4.31 Å². The Morgan fingerprint density at radius 3 is 2.34 bits per heavy atom. The number of nitrogens with one attached hydrogen (secondary N) is 1. The van der Waals surface area contributed by atoms with Gasteiger partial charge < -0.3 is 10.1 Å². The number of carbonyl (C=O) groups is 2. The van der Waals surface area contributed by atoms with Crippen LogP contribution in [0.15, 0.2) is 47.4 Å². The van der Waals surface area contributed by atoms with Crippen molar-refractivity contribution in [3.05, 3.63) is 59.2 Å². The Morgan fingerprint density at radius 1 is 1.03 bits per heavy atom. The predicted molar refractivity (Wildman–Crippen MR) is 123 cm³/mol. The second-order valence-electron chi connectivity index (χ2n) is 8.37. The predicted octanol–water partition coefficient (Wildman–Crippen LogP) is 4.09. The number of sulfonamides is 1. The molecule has 0 saturated carbocycles. The van der Waals surface area contributed by atoms with E-state index in [2.05, 4.69) is 5.32 Å². The summed E-state index contributed by atoms with van der Waals surface area (Å²) < 4.78 is 32.3. The molecule has 1 aliphatic rings. The maximum Gasteiger partial charge on any atom is 0.338 e.